The monoisotopic (exact) mass is 431 g/mol. The van der Waals surface area contributed by atoms with Crippen LogP contribution in [0.5, 0.6) is 0 Å². The molecule has 0 aliphatic rings. The average Bonchev–Trinajstić information content (AvgIpc) is 2.67. The Morgan fingerprint density at radius 3 is 2.10 bits per heavy atom. The molecule has 0 radical (unpaired) electrons. The summed E-state index contributed by atoms with van der Waals surface area (Å²) in [6.45, 7) is 11.4. The normalized spacial score (nSPS) is 11.6. The van der Waals surface area contributed by atoms with Crippen LogP contribution in [0.15, 0.2) is 43.0 Å². The molecular weight excluding hydrogens is 401 g/mol. The quantitative estimate of drug-likeness (QED) is 0.531. The molecule has 0 amide bonds. The van der Waals surface area contributed by atoms with E-state index in [-0.39, 0.29) is 23.8 Å². The van der Waals surface area contributed by atoms with E-state index in [0.717, 1.165) is 29.2 Å². The molecule has 3 N–H and O–H groups in total. The smallest absolute Gasteiger partial charge is 0.396 e. The Kier molecular flexibility index (Phi) is 12.1. The van der Waals surface area contributed by atoms with Gasteiger partial charge in [0.1, 0.15) is 11.6 Å². The molecule has 0 saturated carbocycles. The number of hydrogen-bond acceptors (Lipinski definition) is 2. The summed E-state index contributed by atoms with van der Waals surface area (Å²) in [6, 6.07) is 7.83. The molecule has 168 valence electrons. The van der Waals surface area contributed by atoms with Gasteiger partial charge in [-0.05, 0) is 61.6 Å². The van der Waals surface area contributed by atoms with Gasteiger partial charge < -0.3 is 10.8 Å². The maximum atomic E-state index is 13.0. The number of rotatable bonds is 4. The molecule has 0 aromatic heterocycles. The van der Waals surface area contributed by atoms with Crippen molar-refractivity contribution < 1.29 is 27.1 Å². The van der Waals surface area contributed by atoms with Gasteiger partial charge in [-0.1, -0.05) is 44.2 Å². The number of halogens is 5. The number of alkyl halides is 3. The second kappa shape index (κ2) is 13.1. The highest BCUT2D eigenvalue weighted by Crippen LogP contribution is 2.32. The van der Waals surface area contributed by atoms with Crippen LogP contribution in [0, 0.1) is 11.6 Å². The van der Waals surface area contributed by atoms with E-state index in [1.54, 1.807) is 13.0 Å². The molecule has 30 heavy (non-hydrogen) atoms. The molecule has 2 aromatic rings. The third kappa shape index (κ3) is 9.05. The Bertz CT molecular complexity index is 799. The molecule has 1 unspecified atom stereocenters. The Hall–Kier alpha value is -2.25. The minimum absolute atomic E-state index is 0.0905. The molecule has 2 rings (SSSR count). The second-order valence-corrected chi connectivity index (χ2v) is 6.65. The number of hydrogen-bond donors (Lipinski definition) is 2. The van der Waals surface area contributed by atoms with Gasteiger partial charge in [-0.2, -0.15) is 13.2 Å². The lowest BCUT2D eigenvalue weighted by molar-refractivity contribution is -0.140. The van der Waals surface area contributed by atoms with Crippen molar-refractivity contribution in [2.24, 2.45) is 5.73 Å². The van der Waals surface area contributed by atoms with E-state index in [2.05, 4.69) is 6.58 Å². The largest absolute Gasteiger partial charge is 0.419 e. The van der Waals surface area contributed by atoms with Gasteiger partial charge in [0.2, 0.25) is 0 Å². The predicted octanol–water partition coefficient (Wildman–Crippen LogP) is 6.67. The fourth-order valence-corrected chi connectivity index (χ4v) is 2.37. The number of benzene rings is 2. The van der Waals surface area contributed by atoms with Gasteiger partial charge in [0, 0.05) is 12.6 Å². The van der Waals surface area contributed by atoms with Gasteiger partial charge in [0.25, 0.3) is 0 Å². The van der Waals surface area contributed by atoms with Crippen molar-refractivity contribution >= 4 is 5.57 Å². The molecule has 0 aliphatic heterocycles. The maximum Gasteiger partial charge on any atom is 0.419 e. The van der Waals surface area contributed by atoms with Crippen molar-refractivity contribution in [1.82, 2.24) is 0 Å². The van der Waals surface area contributed by atoms with Crippen molar-refractivity contribution in [3.8, 4) is 0 Å². The molecule has 2 nitrogen and oxygen atoms in total. The van der Waals surface area contributed by atoms with Crippen LogP contribution in [0.2, 0.25) is 0 Å². The van der Waals surface area contributed by atoms with Crippen LogP contribution in [0.3, 0.4) is 0 Å². The van der Waals surface area contributed by atoms with E-state index in [9.17, 15) is 22.0 Å². The zero-order valence-corrected chi connectivity index (χ0v) is 17.8. The van der Waals surface area contributed by atoms with E-state index in [1.165, 1.54) is 24.3 Å². The zero-order valence-electron chi connectivity index (χ0n) is 17.8. The highest BCUT2D eigenvalue weighted by atomic mass is 19.4. The van der Waals surface area contributed by atoms with Crippen LogP contribution in [-0.2, 0) is 12.6 Å². The van der Waals surface area contributed by atoms with E-state index in [1.807, 2.05) is 20.8 Å². The van der Waals surface area contributed by atoms with Crippen LogP contribution >= 0.6 is 0 Å². The zero-order chi connectivity index (χ0) is 23.5. The predicted molar refractivity (Wildman–Crippen MR) is 112 cm³/mol. The molecule has 0 heterocycles. The summed E-state index contributed by atoms with van der Waals surface area (Å²) in [5, 5.41) is 7.88. The van der Waals surface area contributed by atoms with Crippen molar-refractivity contribution in [2.75, 3.05) is 6.61 Å². The molecular formula is C23H30F5NO. The first-order valence-corrected chi connectivity index (χ1v) is 9.56. The molecule has 0 fully saturated rings. The SMILES string of the molecule is C=C(C)c1cc(F)ccc1C(C)N.CCCO.CCc1cccc(C(F)(F)F)c1F. The Morgan fingerprint density at radius 2 is 1.70 bits per heavy atom. The summed E-state index contributed by atoms with van der Waals surface area (Å²) in [7, 11) is 0. The van der Waals surface area contributed by atoms with Gasteiger partial charge in [-0.3, -0.25) is 0 Å². The summed E-state index contributed by atoms with van der Waals surface area (Å²) in [4.78, 5) is 0. The number of aliphatic hydroxyl groups excluding tert-OH is 1. The topological polar surface area (TPSA) is 46.2 Å². The highest BCUT2D eigenvalue weighted by molar-refractivity contribution is 5.65. The third-order valence-corrected chi connectivity index (χ3v) is 3.95. The molecule has 0 spiro atoms. The van der Waals surface area contributed by atoms with E-state index < -0.39 is 17.6 Å². The summed E-state index contributed by atoms with van der Waals surface area (Å²) in [5.74, 6) is -1.40. The van der Waals surface area contributed by atoms with Crippen LogP contribution in [0.25, 0.3) is 5.57 Å². The van der Waals surface area contributed by atoms with Crippen molar-refractivity contribution in [1.29, 1.82) is 0 Å². The number of nitrogens with two attached hydrogens (primary N) is 1. The van der Waals surface area contributed by atoms with Gasteiger partial charge in [-0.25, -0.2) is 8.78 Å². The van der Waals surface area contributed by atoms with Gasteiger partial charge >= 0.3 is 6.18 Å². The van der Waals surface area contributed by atoms with E-state index in [0.29, 0.717) is 6.61 Å². The Labute approximate surface area is 175 Å². The van der Waals surface area contributed by atoms with Gasteiger partial charge in [0.15, 0.2) is 0 Å². The molecule has 1 atom stereocenters. The lowest BCUT2D eigenvalue weighted by Gasteiger charge is -2.12. The summed E-state index contributed by atoms with van der Waals surface area (Å²) < 4.78 is 62.3. The summed E-state index contributed by atoms with van der Waals surface area (Å²) in [5.41, 5.74) is 7.24. The number of allylic oxidation sites excluding steroid dienone is 1. The first-order valence-electron chi connectivity index (χ1n) is 9.56. The van der Waals surface area contributed by atoms with Crippen LogP contribution in [-0.4, -0.2) is 11.7 Å². The summed E-state index contributed by atoms with van der Waals surface area (Å²) in [6.07, 6.45) is -3.47. The third-order valence-electron chi connectivity index (χ3n) is 3.95. The number of aliphatic hydroxyl groups is 1. The lowest BCUT2D eigenvalue weighted by atomic mass is 9.97. The van der Waals surface area contributed by atoms with E-state index in [4.69, 9.17) is 10.8 Å². The van der Waals surface area contributed by atoms with Crippen LogP contribution in [0.4, 0.5) is 22.0 Å². The van der Waals surface area contributed by atoms with Crippen molar-refractivity contribution in [2.45, 2.75) is 52.8 Å². The van der Waals surface area contributed by atoms with Crippen LogP contribution < -0.4 is 5.73 Å². The van der Waals surface area contributed by atoms with Crippen LogP contribution in [0.1, 0.15) is 62.4 Å². The second-order valence-electron chi connectivity index (χ2n) is 6.65. The fourth-order valence-electron chi connectivity index (χ4n) is 2.37. The van der Waals surface area contributed by atoms with Crippen molar-refractivity contribution in [3.05, 3.63) is 76.9 Å². The van der Waals surface area contributed by atoms with Gasteiger partial charge in [-0.15, -0.1) is 0 Å². The number of aryl methyl sites for hydroxylation is 1. The first kappa shape index (κ1) is 27.8. The minimum atomic E-state index is -4.60. The minimum Gasteiger partial charge on any atom is -0.396 e. The Morgan fingerprint density at radius 1 is 1.13 bits per heavy atom. The molecule has 0 saturated heterocycles. The fraction of sp³-hybridized carbons (Fsp3) is 0.391. The molecule has 7 heteroatoms. The first-order chi connectivity index (χ1) is 13.9. The maximum absolute atomic E-state index is 13.0. The standard InChI is InChI=1S/C11H14FN.C9H8F4.C3H8O/c1-7(2)11-6-9(12)4-5-10(11)8(3)13;1-2-6-4-3-5-7(8(6)10)9(11,12)13;1-2-3-4/h4-6,8H,1,13H2,2-3H3;3-5H,2H2,1H3;4H,2-3H2,1H3. The average molecular weight is 431 g/mol. The molecule has 2 aromatic carbocycles. The van der Waals surface area contributed by atoms with Crippen molar-refractivity contribution in [3.63, 3.8) is 0 Å². The summed E-state index contributed by atoms with van der Waals surface area (Å²) >= 11 is 0. The molecule has 0 bridgehead atoms. The molecule has 0 aliphatic carbocycles. The Balaban J connectivity index is 0.000000477. The lowest BCUT2D eigenvalue weighted by Crippen LogP contribution is -2.09. The van der Waals surface area contributed by atoms with E-state index >= 15 is 0 Å². The highest BCUT2D eigenvalue weighted by Gasteiger charge is 2.34. The van der Waals surface area contributed by atoms with Gasteiger partial charge in [0.05, 0.1) is 5.56 Å².